The van der Waals surface area contributed by atoms with Crippen molar-refractivity contribution in [3.8, 4) is 0 Å². The lowest BCUT2D eigenvalue weighted by atomic mass is 10.2. The molecule has 3 nitrogen and oxygen atoms in total. The van der Waals surface area contributed by atoms with Gasteiger partial charge in [0.1, 0.15) is 5.78 Å². The Kier molecular flexibility index (Phi) is 5.67. The molecule has 1 aliphatic heterocycles. The van der Waals surface area contributed by atoms with Crippen LogP contribution in [0.5, 0.6) is 0 Å². The van der Waals surface area contributed by atoms with Crippen molar-refractivity contribution in [2.24, 2.45) is 0 Å². The summed E-state index contributed by atoms with van der Waals surface area (Å²) in [6, 6.07) is 0. The lowest BCUT2D eigenvalue weighted by Gasteiger charge is -2.26. The van der Waals surface area contributed by atoms with Crippen molar-refractivity contribution in [2.45, 2.75) is 45.0 Å². The van der Waals surface area contributed by atoms with Crippen molar-refractivity contribution in [1.29, 1.82) is 0 Å². The van der Waals surface area contributed by atoms with E-state index < -0.39 is 0 Å². The molecule has 0 aromatic carbocycles. The van der Waals surface area contributed by atoms with Gasteiger partial charge >= 0.3 is 0 Å². The predicted molar refractivity (Wildman–Crippen MR) is 57.6 cm³/mol. The second-order valence-electron chi connectivity index (χ2n) is 3.61. The van der Waals surface area contributed by atoms with Crippen molar-refractivity contribution < 1.29 is 14.3 Å². The third kappa shape index (κ3) is 4.53. The summed E-state index contributed by atoms with van der Waals surface area (Å²) in [5.74, 6) is 0.158. The maximum absolute atomic E-state index is 10.9. The minimum atomic E-state index is -0.106. The normalized spacial score (nSPS) is 24.6. The molecule has 1 rings (SSSR count). The van der Waals surface area contributed by atoms with E-state index in [1.807, 2.05) is 0 Å². The predicted octanol–water partition coefficient (Wildman–Crippen LogP) is 2.27. The van der Waals surface area contributed by atoms with Gasteiger partial charge in [0.25, 0.3) is 0 Å². The van der Waals surface area contributed by atoms with Gasteiger partial charge in [0.2, 0.25) is 0 Å². The molecule has 2 unspecified atom stereocenters. The van der Waals surface area contributed by atoms with Crippen LogP contribution in [0.25, 0.3) is 0 Å². The lowest BCUT2D eigenvalue weighted by molar-refractivity contribution is -0.184. The van der Waals surface area contributed by atoms with E-state index in [4.69, 9.17) is 9.47 Å². The summed E-state index contributed by atoms with van der Waals surface area (Å²) < 4.78 is 11.1. The minimum absolute atomic E-state index is 0.0457. The Balaban J connectivity index is 2.27. The highest BCUT2D eigenvalue weighted by molar-refractivity contribution is 9.09. The monoisotopic (exact) mass is 264 g/mol. The molecule has 4 heteroatoms. The number of ether oxygens (including phenoxy) is 2. The lowest BCUT2D eigenvalue weighted by Crippen LogP contribution is -2.29. The Bertz CT molecular complexity index is 178. The molecule has 1 aliphatic rings. The molecule has 0 radical (unpaired) electrons. The van der Waals surface area contributed by atoms with E-state index in [9.17, 15) is 4.79 Å². The highest BCUT2D eigenvalue weighted by Crippen LogP contribution is 2.17. The van der Waals surface area contributed by atoms with Gasteiger partial charge in [-0.3, -0.25) is 4.79 Å². The van der Waals surface area contributed by atoms with E-state index in [1.165, 1.54) is 0 Å². The van der Waals surface area contributed by atoms with Crippen molar-refractivity contribution >= 4 is 21.7 Å². The zero-order valence-corrected chi connectivity index (χ0v) is 10.1. The number of carbonyl (C=O) groups is 1. The van der Waals surface area contributed by atoms with Gasteiger partial charge in [0.15, 0.2) is 6.29 Å². The summed E-state index contributed by atoms with van der Waals surface area (Å²) >= 11 is 3.34. The summed E-state index contributed by atoms with van der Waals surface area (Å²) in [6.45, 7) is 2.36. The molecule has 0 N–H and O–H groups in total. The van der Waals surface area contributed by atoms with Crippen LogP contribution in [-0.2, 0) is 14.3 Å². The zero-order valence-electron chi connectivity index (χ0n) is 8.50. The van der Waals surface area contributed by atoms with Crippen LogP contribution in [0.15, 0.2) is 0 Å². The van der Waals surface area contributed by atoms with Crippen LogP contribution < -0.4 is 0 Å². The third-order valence-corrected chi connectivity index (χ3v) is 2.89. The minimum Gasteiger partial charge on any atom is -0.353 e. The summed E-state index contributed by atoms with van der Waals surface area (Å²) in [5, 5.41) is 0.687. The fourth-order valence-corrected chi connectivity index (χ4v) is 1.87. The third-order valence-electron chi connectivity index (χ3n) is 2.17. The number of hydrogen-bond acceptors (Lipinski definition) is 3. The Morgan fingerprint density at radius 1 is 1.64 bits per heavy atom. The maximum Gasteiger partial charge on any atom is 0.158 e. The topological polar surface area (TPSA) is 35.5 Å². The Hall–Kier alpha value is 0.0700. The molecule has 0 saturated carbocycles. The first kappa shape index (κ1) is 12.1. The first-order valence-corrected chi connectivity index (χ1v) is 6.17. The van der Waals surface area contributed by atoms with E-state index in [2.05, 4.69) is 15.9 Å². The second-order valence-corrected chi connectivity index (χ2v) is 4.26. The number of hydrogen-bond donors (Lipinski definition) is 0. The van der Waals surface area contributed by atoms with E-state index in [1.54, 1.807) is 6.92 Å². The molecule has 0 aromatic rings. The first-order chi connectivity index (χ1) is 6.72. The quantitative estimate of drug-likeness (QED) is 0.715. The number of halogens is 1. The van der Waals surface area contributed by atoms with Crippen LogP contribution in [-0.4, -0.2) is 30.1 Å². The molecule has 1 heterocycles. The molecule has 82 valence electrons. The van der Waals surface area contributed by atoms with Crippen LogP contribution in [0.1, 0.15) is 32.6 Å². The van der Waals surface area contributed by atoms with Crippen molar-refractivity contribution in [2.75, 3.05) is 11.9 Å². The summed E-state index contributed by atoms with van der Waals surface area (Å²) in [4.78, 5) is 10.9. The van der Waals surface area contributed by atoms with E-state index >= 15 is 0 Å². The van der Waals surface area contributed by atoms with Crippen molar-refractivity contribution in [3.05, 3.63) is 0 Å². The molecule has 0 aromatic heterocycles. The van der Waals surface area contributed by atoms with Gasteiger partial charge in [-0.1, -0.05) is 15.9 Å². The van der Waals surface area contributed by atoms with Gasteiger partial charge in [0.05, 0.1) is 6.10 Å². The fourth-order valence-electron chi connectivity index (χ4n) is 1.49. The van der Waals surface area contributed by atoms with Gasteiger partial charge in [-0.15, -0.1) is 0 Å². The van der Waals surface area contributed by atoms with E-state index in [-0.39, 0.29) is 18.2 Å². The van der Waals surface area contributed by atoms with Crippen molar-refractivity contribution in [1.82, 2.24) is 0 Å². The van der Waals surface area contributed by atoms with Crippen LogP contribution >= 0.6 is 15.9 Å². The van der Waals surface area contributed by atoms with E-state index in [0.717, 1.165) is 25.9 Å². The van der Waals surface area contributed by atoms with E-state index in [0.29, 0.717) is 11.8 Å². The fraction of sp³-hybridized carbons (Fsp3) is 0.900. The number of Topliss-reactive ketones (excluding diaryl/α,β-unsaturated/α-hetero) is 1. The Labute approximate surface area is 93.3 Å². The summed E-state index contributed by atoms with van der Waals surface area (Å²) in [6.07, 6.45) is 3.53. The number of carbonyl (C=O) groups excluding carboxylic acids is 1. The van der Waals surface area contributed by atoms with Gasteiger partial charge in [0, 0.05) is 18.4 Å². The van der Waals surface area contributed by atoms with Crippen LogP contribution in [0.2, 0.25) is 0 Å². The molecule has 1 fully saturated rings. The SMILES string of the molecule is CC(=O)CC(CBr)OC1CCCCO1. The van der Waals surface area contributed by atoms with Gasteiger partial charge in [-0.05, 0) is 26.2 Å². The zero-order chi connectivity index (χ0) is 10.4. The molecule has 0 aliphatic carbocycles. The Morgan fingerprint density at radius 2 is 2.43 bits per heavy atom. The van der Waals surface area contributed by atoms with Crippen LogP contribution in [0.4, 0.5) is 0 Å². The van der Waals surface area contributed by atoms with Crippen LogP contribution in [0, 0.1) is 0 Å². The highest BCUT2D eigenvalue weighted by Gasteiger charge is 2.19. The van der Waals surface area contributed by atoms with Gasteiger partial charge in [-0.25, -0.2) is 0 Å². The summed E-state index contributed by atoms with van der Waals surface area (Å²) in [5.41, 5.74) is 0. The molecule has 2 atom stereocenters. The first-order valence-electron chi connectivity index (χ1n) is 5.05. The van der Waals surface area contributed by atoms with Gasteiger partial charge in [-0.2, -0.15) is 0 Å². The standard InChI is InChI=1S/C10H17BrO3/c1-8(12)6-9(7-11)14-10-4-2-3-5-13-10/h9-10H,2-7H2,1H3. The average Bonchev–Trinajstić information content (AvgIpc) is 2.17. The number of ketones is 1. The molecular weight excluding hydrogens is 248 g/mol. The number of rotatable bonds is 5. The smallest absolute Gasteiger partial charge is 0.158 e. The maximum atomic E-state index is 10.9. The van der Waals surface area contributed by atoms with Gasteiger partial charge < -0.3 is 9.47 Å². The Morgan fingerprint density at radius 3 is 2.93 bits per heavy atom. The highest BCUT2D eigenvalue weighted by atomic mass is 79.9. The molecule has 0 amide bonds. The molecule has 14 heavy (non-hydrogen) atoms. The summed E-state index contributed by atoms with van der Waals surface area (Å²) in [7, 11) is 0. The average molecular weight is 265 g/mol. The molecule has 0 bridgehead atoms. The van der Waals surface area contributed by atoms with Crippen molar-refractivity contribution in [3.63, 3.8) is 0 Å². The molecular formula is C10H17BrO3. The number of alkyl halides is 1. The largest absolute Gasteiger partial charge is 0.353 e. The molecule has 0 spiro atoms. The van der Waals surface area contributed by atoms with Crippen LogP contribution in [0.3, 0.4) is 0 Å². The second kappa shape index (κ2) is 6.53. The molecule has 1 saturated heterocycles.